The number of ether oxygens (including phenoxy) is 1. The van der Waals surface area contributed by atoms with Crippen molar-refractivity contribution in [2.24, 2.45) is 0 Å². The second kappa shape index (κ2) is 6.56. The molecule has 7 heteroatoms. The lowest BCUT2D eigenvalue weighted by Crippen LogP contribution is -2.54. The third-order valence-electron chi connectivity index (χ3n) is 3.90. The van der Waals surface area contributed by atoms with E-state index in [1.165, 1.54) is 0 Å². The molecule has 112 valence electrons. The first-order chi connectivity index (χ1) is 9.53. The maximum Gasteiger partial charge on any atom is 0.223 e. The van der Waals surface area contributed by atoms with Gasteiger partial charge in [-0.3, -0.25) is 4.90 Å². The van der Waals surface area contributed by atoms with Gasteiger partial charge < -0.3 is 15.8 Å². The number of morpholine rings is 1. The molecule has 3 N–H and O–H groups in total. The van der Waals surface area contributed by atoms with Gasteiger partial charge in [-0.05, 0) is 13.3 Å². The first-order valence-electron chi connectivity index (χ1n) is 6.90. The summed E-state index contributed by atoms with van der Waals surface area (Å²) in [6.45, 7) is 8.72. The van der Waals surface area contributed by atoms with Crippen molar-refractivity contribution in [3.05, 3.63) is 11.2 Å². The van der Waals surface area contributed by atoms with Crippen LogP contribution in [0.3, 0.4) is 0 Å². The summed E-state index contributed by atoms with van der Waals surface area (Å²) in [5, 5.41) is 3.67. The van der Waals surface area contributed by atoms with Crippen molar-refractivity contribution in [1.82, 2.24) is 14.9 Å². The normalized spacial score (nSPS) is 19.6. The minimum Gasteiger partial charge on any atom is -0.379 e. The SMILES string of the molecule is CCC(C)(CNc1cc(Cl)nc(N)n1)N1CCOCC1. The zero-order valence-electron chi connectivity index (χ0n) is 12.0. The van der Waals surface area contributed by atoms with Gasteiger partial charge in [0.1, 0.15) is 11.0 Å². The van der Waals surface area contributed by atoms with Crippen molar-refractivity contribution in [1.29, 1.82) is 0 Å². The van der Waals surface area contributed by atoms with Crippen LogP contribution in [0.1, 0.15) is 20.3 Å². The molecule has 1 unspecified atom stereocenters. The Morgan fingerprint density at radius 1 is 1.45 bits per heavy atom. The van der Waals surface area contributed by atoms with Crippen LogP contribution in [0.25, 0.3) is 0 Å². The monoisotopic (exact) mass is 299 g/mol. The highest BCUT2D eigenvalue weighted by Crippen LogP contribution is 2.22. The van der Waals surface area contributed by atoms with Crippen LogP contribution in [-0.4, -0.2) is 53.3 Å². The molecule has 2 rings (SSSR count). The van der Waals surface area contributed by atoms with E-state index in [1.54, 1.807) is 6.07 Å². The van der Waals surface area contributed by atoms with Crippen LogP contribution in [0.15, 0.2) is 6.07 Å². The third kappa shape index (κ3) is 3.71. The van der Waals surface area contributed by atoms with Gasteiger partial charge in [-0.25, -0.2) is 4.98 Å². The summed E-state index contributed by atoms with van der Waals surface area (Å²) in [5.74, 6) is 0.847. The molecule has 1 aliphatic rings. The van der Waals surface area contributed by atoms with E-state index in [0.717, 1.165) is 39.3 Å². The predicted molar refractivity (Wildman–Crippen MR) is 81.0 cm³/mol. The van der Waals surface area contributed by atoms with E-state index in [9.17, 15) is 0 Å². The number of halogens is 1. The molecule has 0 aliphatic carbocycles. The van der Waals surface area contributed by atoms with E-state index in [1.807, 2.05) is 0 Å². The van der Waals surface area contributed by atoms with E-state index in [-0.39, 0.29) is 11.5 Å². The molecule has 0 amide bonds. The highest BCUT2D eigenvalue weighted by Gasteiger charge is 2.31. The van der Waals surface area contributed by atoms with Gasteiger partial charge in [0.05, 0.1) is 13.2 Å². The molecule has 1 aromatic heterocycles. The Balaban J connectivity index is 2.02. The molecule has 0 aromatic carbocycles. The number of nitrogen functional groups attached to an aromatic ring is 1. The van der Waals surface area contributed by atoms with Crippen LogP contribution in [-0.2, 0) is 4.74 Å². The predicted octanol–water partition coefficient (Wildman–Crippen LogP) is 1.63. The molecule has 1 saturated heterocycles. The van der Waals surface area contributed by atoms with Crippen molar-refractivity contribution in [2.45, 2.75) is 25.8 Å². The zero-order valence-corrected chi connectivity index (χ0v) is 12.8. The molecule has 1 aliphatic heterocycles. The number of hydrogen-bond donors (Lipinski definition) is 2. The average Bonchev–Trinajstić information content (AvgIpc) is 2.45. The number of nitrogens with one attached hydrogen (secondary N) is 1. The van der Waals surface area contributed by atoms with Crippen molar-refractivity contribution in [3.8, 4) is 0 Å². The molecule has 2 heterocycles. The quantitative estimate of drug-likeness (QED) is 0.805. The minimum atomic E-state index is 0.0516. The molecule has 0 bridgehead atoms. The lowest BCUT2D eigenvalue weighted by molar-refractivity contribution is -0.0131. The zero-order chi connectivity index (χ0) is 14.6. The molecule has 1 aromatic rings. The lowest BCUT2D eigenvalue weighted by atomic mass is 9.95. The summed E-state index contributed by atoms with van der Waals surface area (Å²) in [4.78, 5) is 10.5. The Labute approximate surface area is 124 Å². The second-order valence-corrected chi connectivity index (χ2v) is 5.62. The van der Waals surface area contributed by atoms with E-state index in [0.29, 0.717) is 11.0 Å². The van der Waals surface area contributed by atoms with Gasteiger partial charge >= 0.3 is 0 Å². The van der Waals surface area contributed by atoms with Crippen LogP contribution in [0, 0.1) is 0 Å². The van der Waals surface area contributed by atoms with Crippen molar-refractivity contribution < 1.29 is 4.74 Å². The molecule has 20 heavy (non-hydrogen) atoms. The first-order valence-corrected chi connectivity index (χ1v) is 7.28. The maximum atomic E-state index is 5.88. The number of hydrogen-bond acceptors (Lipinski definition) is 6. The first kappa shape index (κ1) is 15.3. The van der Waals surface area contributed by atoms with Crippen LogP contribution in [0.2, 0.25) is 5.15 Å². The number of anilines is 2. The smallest absolute Gasteiger partial charge is 0.223 e. The van der Waals surface area contributed by atoms with E-state index >= 15 is 0 Å². The average molecular weight is 300 g/mol. The Morgan fingerprint density at radius 3 is 2.75 bits per heavy atom. The molecule has 1 fully saturated rings. The highest BCUT2D eigenvalue weighted by atomic mass is 35.5. The minimum absolute atomic E-state index is 0.0516. The largest absolute Gasteiger partial charge is 0.379 e. The summed E-state index contributed by atoms with van der Waals surface area (Å²) >= 11 is 5.88. The van der Waals surface area contributed by atoms with E-state index in [4.69, 9.17) is 22.1 Å². The Bertz CT molecular complexity index is 432. The number of rotatable bonds is 5. The fourth-order valence-corrected chi connectivity index (χ4v) is 2.56. The Kier molecular flexibility index (Phi) is 5.01. The standard InChI is InChI=1S/C13H22ClN5O/c1-3-13(2,19-4-6-20-7-5-19)9-16-11-8-10(14)17-12(15)18-11/h8H,3-7,9H2,1-2H3,(H3,15,16,17,18). The van der Waals surface area contributed by atoms with Crippen molar-refractivity contribution in [3.63, 3.8) is 0 Å². The van der Waals surface area contributed by atoms with Gasteiger partial charge in [0.15, 0.2) is 0 Å². The van der Waals surface area contributed by atoms with Crippen LogP contribution in [0.4, 0.5) is 11.8 Å². The lowest BCUT2D eigenvalue weighted by Gasteiger charge is -2.43. The summed E-state index contributed by atoms with van der Waals surface area (Å²) in [6, 6.07) is 1.69. The van der Waals surface area contributed by atoms with Crippen LogP contribution >= 0.6 is 11.6 Å². The molecule has 0 saturated carbocycles. The van der Waals surface area contributed by atoms with Gasteiger partial charge in [0, 0.05) is 31.2 Å². The maximum absolute atomic E-state index is 5.88. The summed E-state index contributed by atoms with van der Waals surface area (Å²) in [5.41, 5.74) is 5.65. The Morgan fingerprint density at radius 2 is 2.15 bits per heavy atom. The molecule has 1 atom stereocenters. The third-order valence-corrected chi connectivity index (χ3v) is 4.09. The fraction of sp³-hybridized carbons (Fsp3) is 0.692. The second-order valence-electron chi connectivity index (χ2n) is 5.24. The molecular weight excluding hydrogens is 278 g/mol. The van der Waals surface area contributed by atoms with Crippen molar-refractivity contribution in [2.75, 3.05) is 43.9 Å². The number of nitrogens with two attached hydrogens (primary N) is 1. The molecule has 0 spiro atoms. The molecule has 0 radical (unpaired) electrons. The summed E-state index contributed by atoms with van der Waals surface area (Å²) in [7, 11) is 0. The molecule has 6 nitrogen and oxygen atoms in total. The highest BCUT2D eigenvalue weighted by molar-refractivity contribution is 6.29. The van der Waals surface area contributed by atoms with Gasteiger partial charge in [-0.1, -0.05) is 18.5 Å². The summed E-state index contributed by atoms with van der Waals surface area (Å²) in [6.07, 6.45) is 1.04. The van der Waals surface area contributed by atoms with Gasteiger partial charge in [0.2, 0.25) is 5.95 Å². The van der Waals surface area contributed by atoms with Crippen LogP contribution in [0.5, 0.6) is 0 Å². The van der Waals surface area contributed by atoms with E-state index in [2.05, 4.69) is 34.0 Å². The molecular formula is C13H22ClN5O. The van der Waals surface area contributed by atoms with E-state index < -0.39 is 0 Å². The number of nitrogens with zero attached hydrogens (tertiary/aromatic N) is 3. The van der Waals surface area contributed by atoms with Gasteiger partial charge in [0.25, 0.3) is 0 Å². The summed E-state index contributed by atoms with van der Waals surface area (Å²) < 4.78 is 5.42. The number of aromatic nitrogens is 2. The van der Waals surface area contributed by atoms with Crippen LogP contribution < -0.4 is 11.1 Å². The van der Waals surface area contributed by atoms with Crippen molar-refractivity contribution >= 4 is 23.4 Å². The fourth-order valence-electron chi connectivity index (χ4n) is 2.37. The van der Waals surface area contributed by atoms with Gasteiger partial charge in [-0.15, -0.1) is 0 Å². The van der Waals surface area contributed by atoms with Gasteiger partial charge in [-0.2, -0.15) is 4.98 Å². The topological polar surface area (TPSA) is 76.3 Å². The Hall–Kier alpha value is -1.11.